The molecule has 7 nitrogen and oxygen atoms in total. The van der Waals surface area contributed by atoms with Gasteiger partial charge in [-0.15, -0.1) is 5.10 Å². The average molecular weight is 263 g/mol. The summed E-state index contributed by atoms with van der Waals surface area (Å²) in [4.78, 5) is 11.3. The number of rotatable bonds is 5. The number of benzene rings is 1. The number of carboxylic acid groups (broad SMARTS) is 1. The number of carboxylic acids is 1. The minimum atomic E-state index is -1.04. The summed E-state index contributed by atoms with van der Waals surface area (Å²) in [5, 5.41) is 34.7. The molecule has 7 heteroatoms. The molecule has 1 heterocycles. The van der Waals surface area contributed by atoms with E-state index in [1.807, 2.05) is 0 Å². The van der Waals surface area contributed by atoms with Crippen LogP contribution in [0.4, 0.5) is 0 Å². The van der Waals surface area contributed by atoms with Crippen molar-refractivity contribution in [3.05, 3.63) is 41.7 Å². The highest BCUT2D eigenvalue weighted by Gasteiger charge is 2.21. The van der Waals surface area contributed by atoms with Crippen molar-refractivity contribution < 1.29 is 20.1 Å². The fourth-order valence-corrected chi connectivity index (χ4v) is 1.69. The van der Waals surface area contributed by atoms with E-state index in [4.69, 9.17) is 5.11 Å². The number of phenols is 1. The van der Waals surface area contributed by atoms with Gasteiger partial charge in [0.1, 0.15) is 11.4 Å². The van der Waals surface area contributed by atoms with Gasteiger partial charge in [-0.2, -0.15) is 0 Å². The lowest BCUT2D eigenvalue weighted by Crippen LogP contribution is -2.22. The Morgan fingerprint density at radius 1 is 1.32 bits per heavy atom. The maximum absolute atomic E-state index is 11.3. The zero-order chi connectivity index (χ0) is 13.8. The van der Waals surface area contributed by atoms with Gasteiger partial charge in [0.25, 0.3) is 0 Å². The summed E-state index contributed by atoms with van der Waals surface area (Å²) >= 11 is 0. The van der Waals surface area contributed by atoms with Gasteiger partial charge >= 0.3 is 5.97 Å². The second kappa shape index (κ2) is 5.49. The van der Waals surface area contributed by atoms with Gasteiger partial charge in [0, 0.05) is 6.42 Å². The van der Waals surface area contributed by atoms with E-state index in [2.05, 4.69) is 10.3 Å². The molecule has 1 aromatic carbocycles. The fourth-order valence-electron chi connectivity index (χ4n) is 1.69. The molecule has 1 aromatic heterocycles. The van der Waals surface area contributed by atoms with Crippen molar-refractivity contribution in [1.29, 1.82) is 0 Å². The van der Waals surface area contributed by atoms with E-state index < -0.39 is 12.0 Å². The molecule has 0 saturated carbocycles. The molecule has 0 amide bonds. The Morgan fingerprint density at radius 2 is 2.00 bits per heavy atom. The number of phenolic OH excluding ortho intramolecular Hbond substituents is 1. The number of nitrogens with zero attached hydrogens (tertiary/aromatic N) is 3. The Bertz CT molecular complexity index is 565. The first-order valence-electron chi connectivity index (χ1n) is 5.62. The van der Waals surface area contributed by atoms with Crippen LogP contribution in [0.3, 0.4) is 0 Å². The number of aliphatic hydroxyl groups is 1. The third kappa shape index (κ3) is 3.08. The summed E-state index contributed by atoms with van der Waals surface area (Å²) in [6.45, 7) is -0.286. The van der Waals surface area contributed by atoms with Crippen molar-refractivity contribution in [2.75, 3.05) is 0 Å². The quantitative estimate of drug-likeness (QED) is 0.718. The minimum Gasteiger partial charge on any atom is -0.508 e. The first-order chi connectivity index (χ1) is 9.10. The molecule has 0 spiro atoms. The average Bonchev–Trinajstić information content (AvgIpc) is 2.86. The van der Waals surface area contributed by atoms with Crippen molar-refractivity contribution >= 4 is 5.97 Å². The van der Waals surface area contributed by atoms with Crippen molar-refractivity contribution in [2.24, 2.45) is 0 Å². The van der Waals surface area contributed by atoms with E-state index in [1.54, 1.807) is 12.1 Å². The molecule has 0 bridgehead atoms. The molecule has 3 N–H and O–H groups in total. The molecule has 100 valence electrons. The second-order valence-corrected chi connectivity index (χ2v) is 4.07. The maximum Gasteiger partial charge on any atom is 0.328 e. The van der Waals surface area contributed by atoms with Crippen LogP contribution in [0.1, 0.15) is 17.3 Å². The van der Waals surface area contributed by atoms with Gasteiger partial charge in [-0.05, 0) is 17.7 Å². The SMILES string of the molecule is O=C(O)[C@H](Cc1ccc(O)cc1)n1cc(CO)nn1. The normalized spacial score (nSPS) is 12.3. The zero-order valence-electron chi connectivity index (χ0n) is 9.97. The van der Waals surface area contributed by atoms with E-state index in [1.165, 1.54) is 23.0 Å². The predicted octanol–water partition coefficient (Wildman–Crippen LogP) is 0.344. The minimum absolute atomic E-state index is 0.124. The molecule has 0 fully saturated rings. The number of aliphatic hydroxyl groups excluding tert-OH is 1. The first-order valence-corrected chi connectivity index (χ1v) is 5.62. The number of aromatic nitrogens is 3. The largest absolute Gasteiger partial charge is 0.508 e. The van der Waals surface area contributed by atoms with Crippen LogP contribution in [0, 0.1) is 0 Å². The van der Waals surface area contributed by atoms with Crippen LogP contribution in [0.2, 0.25) is 0 Å². The molecular formula is C12H13N3O4. The van der Waals surface area contributed by atoms with Crippen molar-refractivity contribution in [2.45, 2.75) is 19.1 Å². The number of aliphatic carboxylic acids is 1. The molecule has 0 aliphatic rings. The molecule has 2 rings (SSSR count). The van der Waals surface area contributed by atoms with Gasteiger partial charge in [-0.1, -0.05) is 17.3 Å². The first kappa shape index (κ1) is 13.0. The van der Waals surface area contributed by atoms with Crippen LogP contribution >= 0.6 is 0 Å². The summed E-state index contributed by atoms with van der Waals surface area (Å²) in [7, 11) is 0. The molecule has 0 aliphatic carbocycles. The Balaban J connectivity index is 2.21. The summed E-state index contributed by atoms with van der Waals surface area (Å²) in [6, 6.07) is 5.38. The Hall–Kier alpha value is -2.41. The Kier molecular flexibility index (Phi) is 3.76. The second-order valence-electron chi connectivity index (χ2n) is 4.07. The highest BCUT2D eigenvalue weighted by atomic mass is 16.4. The highest BCUT2D eigenvalue weighted by Crippen LogP contribution is 2.17. The predicted molar refractivity (Wildman–Crippen MR) is 64.4 cm³/mol. The lowest BCUT2D eigenvalue weighted by atomic mass is 10.1. The maximum atomic E-state index is 11.3. The topological polar surface area (TPSA) is 108 Å². The van der Waals surface area contributed by atoms with E-state index >= 15 is 0 Å². The van der Waals surface area contributed by atoms with E-state index in [0.29, 0.717) is 5.69 Å². The third-order valence-corrected chi connectivity index (χ3v) is 2.69. The monoisotopic (exact) mass is 263 g/mol. The van der Waals surface area contributed by atoms with Gasteiger partial charge in [0.2, 0.25) is 0 Å². The van der Waals surface area contributed by atoms with Crippen LogP contribution in [-0.4, -0.2) is 36.3 Å². The van der Waals surface area contributed by atoms with E-state index in [0.717, 1.165) is 5.56 Å². The molecule has 0 aliphatic heterocycles. The van der Waals surface area contributed by atoms with Crippen molar-refractivity contribution in [3.63, 3.8) is 0 Å². The van der Waals surface area contributed by atoms with Crippen molar-refractivity contribution in [3.8, 4) is 5.75 Å². The van der Waals surface area contributed by atoms with Gasteiger partial charge in [-0.3, -0.25) is 0 Å². The lowest BCUT2D eigenvalue weighted by molar-refractivity contribution is -0.141. The number of hydrogen-bond acceptors (Lipinski definition) is 5. The van der Waals surface area contributed by atoms with Crippen molar-refractivity contribution in [1.82, 2.24) is 15.0 Å². The summed E-state index contributed by atoms with van der Waals surface area (Å²) in [5.41, 5.74) is 1.07. The third-order valence-electron chi connectivity index (χ3n) is 2.69. The molecule has 0 saturated heterocycles. The Morgan fingerprint density at radius 3 is 2.53 bits per heavy atom. The Labute approximate surface area is 108 Å². The number of hydrogen-bond donors (Lipinski definition) is 3. The molecule has 0 radical (unpaired) electrons. The van der Waals surface area contributed by atoms with Gasteiger partial charge in [0.15, 0.2) is 6.04 Å². The standard InChI is InChI=1S/C12H13N3O4/c16-7-9-6-15(14-13-9)11(12(18)19)5-8-1-3-10(17)4-2-8/h1-4,6,11,16-17H,5,7H2,(H,18,19)/t11-/m0/s1. The van der Waals surface area contributed by atoms with Gasteiger partial charge in [0.05, 0.1) is 12.8 Å². The molecular weight excluding hydrogens is 250 g/mol. The molecule has 1 atom stereocenters. The van der Waals surface area contributed by atoms with E-state index in [-0.39, 0.29) is 18.8 Å². The number of aromatic hydroxyl groups is 1. The van der Waals surface area contributed by atoms with Crippen LogP contribution < -0.4 is 0 Å². The van der Waals surface area contributed by atoms with Gasteiger partial charge in [-0.25, -0.2) is 9.48 Å². The lowest BCUT2D eigenvalue weighted by Gasteiger charge is -2.12. The van der Waals surface area contributed by atoms with E-state index in [9.17, 15) is 15.0 Å². The van der Waals surface area contributed by atoms with Crippen LogP contribution in [0.25, 0.3) is 0 Å². The summed E-state index contributed by atoms with van der Waals surface area (Å²) in [5.74, 6) is -0.915. The summed E-state index contributed by atoms with van der Waals surface area (Å²) in [6.07, 6.45) is 1.61. The highest BCUT2D eigenvalue weighted by molar-refractivity contribution is 5.72. The number of carbonyl (C=O) groups is 1. The molecule has 0 unspecified atom stereocenters. The van der Waals surface area contributed by atoms with Gasteiger partial charge < -0.3 is 15.3 Å². The summed E-state index contributed by atoms with van der Waals surface area (Å²) < 4.78 is 1.21. The molecule has 2 aromatic rings. The molecule has 19 heavy (non-hydrogen) atoms. The van der Waals surface area contributed by atoms with Crippen LogP contribution in [0.15, 0.2) is 30.5 Å². The smallest absolute Gasteiger partial charge is 0.328 e. The van der Waals surface area contributed by atoms with Crippen LogP contribution in [-0.2, 0) is 17.8 Å². The fraction of sp³-hybridized carbons (Fsp3) is 0.250. The van der Waals surface area contributed by atoms with Crippen LogP contribution in [0.5, 0.6) is 5.75 Å². The zero-order valence-corrected chi connectivity index (χ0v) is 9.97.